The number of esters is 1. The fraction of sp³-hybridized carbons (Fsp3) is 0.429. The first-order valence-corrected chi connectivity index (χ1v) is 3.61. The molecule has 0 radical (unpaired) electrons. The molecule has 0 bridgehead atoms. The molecule has 0 aliphatic rings. The normalized spacial score (nSPS) is 10.7. The number of amides is 1. The SMILES string of the molecule is CCOC(=O)/C=C(/N)COC(N)=O. The zero-order chi connectivity index (χ0) is 10.3. The van der Waals surface area contributed by atoms with Crippen LogP contribution in [-0.2, 0) is 14.3 Å². The van der Waals surface area contributed by atoms with Gasteiger partial charge in [-0.1, -0.05) is 0 Å². The molecular weight excluding hydrogens is 176 g/mol. The first kappa shape index (κ1) is 11.3. The second-order valence-corrected chi connectivity index (χ2v) is 2.08. The standard InChI is InChI=1S/C7H12N2O4/c1-2-12-6(10)3-5(8)4-13-7(9)11/h3H,2,4,8H2,1H3,(H2,9,11)/b5-3+. The van der Waals surface area contributed by atoms with Gasteiger partial charge >= 0.3 is 12.1 Å². The zero-order valence-electron chi connectivity index (χ0n) is 7.28. The van der Waals surface area contributed by atoms with Crippen LogP contribution < -0.4 is 11.5 Å². The van der Waals surface area contributed by atoms with Gasteiger partial charge in [0.05, 0.1) is 12.3 Å². The van der Waals surface area contributed by atoms with Gasteiger partial charge in [0.15, 0.2) is 0 Å². The third-order valence-electron chi connectivity index (χ3n) is 0.971. The van der Waals surface area contributed by atoms with Crippen molar-refractivity contribution in [2.45, 2.75) is 6.92 Å². The summed E-state index contributed by atoms with van der Waals surface area (Å²) in [5, 5.41) is 0. The molecule has 0 rings (SSSR count). The van der Waals surface area contributed by atoms with E-state index < -0.39 is 12.1 Å². The van der Waals surface area contributed by atoms with Crippen molar-refractivity contribution >= 4 is 12.1 Å². The molecule has 0 aliphatic carbocycles. The first-order chi connectivity index (χ1) is 6.06. The molecule has 13 heavy (non-hydrogen) atoms. The Labute approximate surface area is 75.5 Å². The molecular formula is C7H12N2O4. The quantitative estimate of drug-likeness (QED) is 0.456. The van der Waals surface area contributed by atoms with Crippen molar-refractivity contribution in [3.8, 4) is 0 Å². The van der Waals surface area contributed by atoms with Crippen molar-refractivity contribution in [2.75, 3.05) is 13.2 Å². The van der Waals surface area contributed by atoms with E-state index in [9.17, 15) is 9.59 Å². The Morgan fingerprint density at radius 2 is 1.92 bits per heavy atom. The second kappa shape index (κ2) is 5.87. The fourth-order valence-electron chi connectivity index (χ4n) is 0.531. The third-order valence-corrected chi connectivity index (χ3v) is 0.971. The minimum absolute atomic E-state index is 0.0808. The number of hydrogen-bond donors (Lipinski definition) is 2. The Morgan fingerprint density at radius 1 is 1.31 bits per heavy atom. The second-order valence-electron chi connectivity index (χ2n) is 2.08. The molecule has 0 saturated carbocycles. The van der Waals surface area contributed by atoms with E-state index in [4.69, 9.17) is 5.73 Å². The van der Waals surface area contributed by atoms with Crippen molar-refractivity contribution in [3.63, 3.8) is 0 Å². The van der Waals surface area contributed by atoms with E-state index >= 15 is 0 Å². The van der Waals surface area contributed by atoms with E-state index in [1.807, 2.05) is 0 Å². The van der Waals surface area contributed by atoms with Crippen LogP contribution in [0.15, 0.2) is 11.8 Å². The molecule has 1 amide bonds. The average Bonchev–Trinajstić information content (AvgIpc) is 2.01. The van der Waals surface area contributed by atoms with Gasteiger partial charge in [-0.25, -0.2) is 9.59 Å². The summed E-state index contributed by atoms with van der Waals surface area (Å²) in [6, 6.07) is 0. The maximum atomic E-state index is 10.7. The minimum Gasteiger partial charge on any atom is -0.463 e. The Hall–Kier alpha value is -1.72. The van der Waals surface area contributed by atoms with Gasteiger partial charge in [0.2, 0.25) is 0 Å². The summed E-state index contributed by atoms with van der Waals surface area (Å²) in [6.07, 6.45) is 0.0899. The lowest BCUT2D eigenvalue weighted by Gasteiger charge is -2.01. The highest BCUT2D eigenvalue weighted by molar-refractivity contribution is 5.82. The van der Waals surface area contributed by atoms with Crippen LogP contribution in [0.4, 0.5) is 4.79 Å². The van der Waals surface area contributed by atoms with Gasteiger partial charge in [0, 0.05) is 6.08 Å². The molecule has 6 heteroatoms. The van der Waals surface area contributed by atoms with Crippen LogP contribution in [0.5, 0.6) is 0 Å². The molecule has 0 aromatic heterocycles. The van der Waals surface area contributed by atoms with Crippen molar-refractivity contribution in [3.05, 3.63) is 11.8 Å². The number of hydrogen-bond acceptors (Lipinski definition) is 5. The summed E-state index contributed by atoms with van der Waals surface area (Å²) in [5.41, 5.74) is 10.0. The van der Waals surface area contributed by atoms with Crippen LogP contribution in [0.1, 0.15) is 6.92 Å². The van der Waals surface area contributed by atoms with Gasteiger partial charge < -0.3 is 20.9 Å². The minimum atomic E-state index is -0.944. The zero-order valence-corrected chi connectivity index (χ0v) is 7.28. The van der Waals surface area contributed by atoms with E-state index in [1.165, 1.54) is 0 Å². The molecule has 4 N–H and O–H groups in total. The van der Waals surface area contributed by atoms with Gasteiger partial charge in [0.25, 0.3) is 0 Å². The van der Waals surface area contributed by atoms with Crippen molar-refractivity contribution in [1.82, 2.24) is 0 Å². The van der Waals surface area contributed by atoms with Crippen molar-refractivity contribution in [2.24, 2.45) is 11.5 Å². The summed E-state index contributed by atoms with van der Waals surface area (Å²) >= 11 is 0. The van der Waals surface area contributed by atoms with Gasteiger partial charge in [-0.05, 0) is 6.92 Å². The number of carbonyl (C=O) groups is 2. The number of rotatable bonds is 4. The Bertz CT molecular complexity index is 225. The van der Waals surface area contributed by atoms with Crippen LogP contribution >= 0.6 is 0 Å². The highest BCUT2D eigenvalue weighted by Crippen LogP contribution is 1.88. The smallest absolute Gasteiger partial charge is 0.404 e. The lowest BCUT2D eigenvalue weighted by atomic mass is 10.4. The van der Waals surface area contributed by atoms with Gasteiger partial charge in [-0.15, -0.1) is 0 Å². The maximum Gasteiger partial charge on any atom is 0.404 e. The van der Waals surface area contributed by atoms with Crippen LogP contribution in [0.3, 0.4) is 0 Å². The summed E-state index contributed by atoms with van der Waals surface area (Å²) in [5.74, 6) is -0.576. The molecule has 0 heterocycles. The lowest BCUT2D eigenvalue weighted by Crippen LogP contribution is -2.18. The molecule has 0 fully saturated rings. The lowest BCUT2D eigenvalue weighted by molar-refractivity contribution is -0.137. The largest absolute Gasteiger partial charge is 0.463 e. The van der Waals surface area contributed by atoms with Crippen LogP contribution in [0.2, 0.25) is 0 Å². The van der Waals surface area contributed by atoms with Crippen LogP contribution in [0, 0.1) is 0 Å². The van der Waals surface area contributed by atoms with Crippen molar-refractivity contribution in [1.29, 1.82) is 0 Å². The third kappa shape index (κ3) is 6.67. The number of nitrogens with two attached hydrogens (primary N) is 2. The molecule has 0 unspecified atom stereocenters. The maximum absolute atomic E-state index is 10.7. The van der Waals surface area contributed by atoms with Crippen LogP contribution in [-0.4, -0.2) is 25.3 Å². The Balaban J connectivity index is 3.87. The highest BCUT2D eigenvalue weighted by atomic mass is 16.5. The average molecular weight is 188 g/mol. The van der Waals surface area contributed by atoms with Crippen LogP contribution in [0.25, 0.3) is 0 Å². The summed E-state index contributed by atoms with van der Waals surface area (Å²) in [6.45, 7) is 1.72. The Morgan fingerprint density at radius 3 is 2.38 bits per heavy atom. The number of primary amides is 1. The Kier molecular flexibility index (Phi) is 5.09. The van der Waals surface area contributed by atoms with E-state index in [1.54, 1.807) is 6.92 Å². The molecule has 0 atom stereocenters. The van der Waals surface area contributed by atoms with Gasteiger partial charge in [-0.2, -0.15) is 0 Å². The molecule has 0 aromatic rings. The van der Waals surface area contributed by atoms with Gasteiger partial charge in [-0.3, -0.25) is 0 Å². The molecule has 0 aromatic carbocycles. The predicted molar refractivity (Wildman–Crippen MR) is 44.4 cm³/mol. The first-order valence-electron chi connectivity index (χ1n) is 3.61. The van der Waals surface area contributed by atoms with E-state index in [0.29, 0.717) is 0 Å². The monoisotopic (exact) mass is 188 g/mol. The topological polar surface area (TPSA) is 105 Å². The molecule has 0 aliphatic heterocycles. The van der Waals surface area contributed by atoms with E-state index in [-0.39, 0.29) is 18.9 Å². The molecule has 6 nitrogen and oxygen atoms in total. The number of carbonyl (C=O) groups excluding carboxylic acids is 2. The molecule has 74 valence electrons. The fourth-order valence-corrected chi connectivity index (χ4v) is 0.531. The predicted octanol–water partition coefficient (Wildman–Crippen LogP) is -0.513. The summed E-state index contributed by atoms with van der Waals surface area (Å²) < 4.78 is 8.87. The summed E-state index contributed by atoms with van der Waals surface area (Å²) in [7, 11) is 0. The van der Waals surface area contributed by atoms with E-state index in [2.05, 4.69) is 15.2 Å². The molecule has 0 spiro atoms. The van der Waals surface area contributed by atoms with Gasteiger partial charge in [0.1, 0.15) is 6.61 Å². The van der Waals surface area contributed by atoms with Crippen molar-refractivity contribution < 1.29 is 19.1 Å². The highest BCUT2D eigenvalue weighted by Gasteiger charge is 2.00. The molecule has 0 saturated heterocycles. The summed E-state index contributed by atoms with van der Waals surface area (Å²) in [4.78, 5) is 20.9. The number of ether oxygens (including phenoxy) is 2. The van der Waals surface area contributed by atoms with E-state index in [0.717, 1.165) is 6.08 Å².